The second-order valence-electron chi connectivity index (χ2n) is 4.75. The molecule has 2 aromatic carbocycles. The fraction of sp³-hybridized carbons (Fsp3) is 0.250. The second kappa shape index (κ2) is 4.81. The van der Waals surface area contributed by atoms with E-state index in [2.05, 4.69) is 23.5 Å². The lowest BCUT2D eigenvalue weighted by molar-refractivity contribution is 0.614. The van der Waals surface area contributed by atoms with E-state index in [-0.39, 0.29) is 5.82 Å². The molecule has 0 bridgehead atoms. The molecule has 0 radical (unpaired) electrons. The summed E-state index contributed by atoms with van der Waals surface area (Å²) >= 11 is 0. The van der Waals surface area contributed by atoms with Gasteiger partial charge in [0.15, 0.2) is 0 Å². The molecule has 1 N–H and O–H groups in total. The molecule has 0 aromatic heterocycles. The quantitative estimate of drug-likeness (QED) is 0.843. The molecule has 0 aliphatic carbocycles. The molecule has 18 heavy (non-hydrogen) atoms. The van der Waals surface area contributed by atoms with Gasteiger partial charge in [-0.1, -0.05) is 36.4 Å². The highest BCUT2D eigenvalue weighted by Crippen LogP contribution is 2.28. The molecule has 1 aliphatic heterocycles. The first kappa shape index (κ1) is 11.3. The molecule has 1 nitrogen and oxygen atoms in total. The molecule has 0 atom stereocenters. The molecule has 0 saturated carbocycles. The summed E-state index contributed by atoms with van der Waals surface area (Å²) < 4.78 is 13.7. The van der Waals surface area contributed by atoms with E-state index in [4.69, 9.17) is 0 Å². The predicted octanol–water partition coefficient (Wildman–Crippen LogP) is 3.77. The van der Waals surface area contributed by atoms with E-state index in [0.29, 0.717) is 6.42 Å². The minimum absolute atomic E-state index is 0.120. The summed E-state index contributed by atoms with van der Waals surface area (Å²) in [6, 6.07) is 13.3. The Balaban J connectivity index is 1.96. The zero-order valence-electron chi connectivity index (χ0n) is 10.2. The minimum atomic E-state index is -0.120. The zero-order chi connectivity index (χ0) is 12.4. The molecule has 0 unspecified atom stereocenters. The van der Waals surface area contributed by atoms with Crippen molar-refractivity contribution in [3.63, 3.8) is 0 Å². The highest BCUT2D eigenvalue weighted by atomic mass is 19.1. The van der Waals surface area contributed by atoms with Crippen molar-refractivity contribution in [1.29, 1.82) is 0 Å². The Bertz CT molecular complexity index is 563. The minimum Gasteiger partial charge on any atom is -0.385 e. The summed E-state index contributed by atoms with van der Waals surface area (Å²) in [4.78, 5) is 0. The Labute approximate surface area is 107 Å². The van der Waals surface area contributed by atoms with Gasteiger partial charge in [-0.15, -0.1) is 0 Å². The normalized spacial score (nSPS) is 13.8. The third kappa shape index (κ3) is 2.10. The van der Waals surface area contributed by atoms with Gasteiger partial charge in [-0.25, -0.2) is 4.39 Å². The number of benzene rings is 2. The summed E-state index contributed by atoms with van der Waals surface area (Å²) in [6.07, 6.45) is 2.95. The van der Waals surface area contributed by atoms with Gasteiger partial charge >= 0.3 is 0 Å². The number of hydrogen-bond acceptors (Lipinski definition) is 1. The Kier molecular flexibility index (Phi) is 3.01. The van der Waals surface area contributed by atoms with Crippen LogP contribution < -0.4 is 5.32 Å². The third-order valence-corrected chi connectivity index (χ3v) is 3.50. The Morgan fingerprint density at radius 3 is 2.72 bits per heavy atom. The van der Waals surface area contributed by atoms with Gasteiger partial charge in [-0.3, -0.25) is 0 Å². The summed E-state index contributed by atoms with van der Waals surface area (Å²) in [5.74, 6) is -0.120. The van der Waals surface area contributed by atoms with Crippen molar-refractivity contribution in [2.75, 3.05) is 11.9 Å². The number of nitrogens with one attached hydrogen (secondary N) is 1. The van der Waals surface area contributed by atoms with Crippen LogP contribution in [0.5, 0.6) is 0 Å². The number of rotatable bonds is 2. The number of anilines is 1. The van der Waals surface area contributed by atoms with Gasteiger partial charge in [0.2, 0.25) is 0 Å². The predicted molar refractivity (Wildman–Crippen MR) is 72.5 cm³/mol. The van der Waals surface area contributed by atoms with E-state index < -0.39 is 0 Å². The molecular formula is C16H16FN. The van der Waals surface area contributed by atoms with E-state index >= 15 is 0 Å². The van der Waals surface area contributed by atoms with Gasteiger partial charge in [-0.2, -0.15) is 0 Å². The van der Waals surface area contributed by atoms with E-state index in [1.165, 1.54) is 29.3 Å². The zero-order valence-corrected chi connectivity index (χ0v) is 10.2. The monoisotopic (exact) mass is 241 g/mol. The first-order valence-corrected chi connectivity index (χ1v) is 6.42. The van der Waals surface area contributed by atoms with Crippen LogP contribution in [0, 0.1) is 5.82 Å². The molecule has 2 heteroatoms. The van der Waals surface area contributed by atoms with Crippen LogP contribution in [0.3, 0.4) is 0 Å². The second-order valence-corrected chi connectivity index (χ2v) is 4.75. The Hall–Kier alpha value is -1.83. The van der Waals surface area contributed by atoms with Gasteiger partial charge in [0.25, 0.3) is 0 Å². The number of hydrogen-bond donors (Lipinski definition) is 1. The van der Waals surface area contributed by atoms with Gasteiger partial charge in [0.05, 0.1) is 0 Å². The average Bonchev–Trinajstić information content (AvgIpc) is 2.42. The lowest BCUT2D eigenvalue weighted by Crippen LogP contribution is -2.13. The molecule has 1 heterocycles. The summed E-state index contributed by atoms with van der Waals surface area (Å²) in [6.45, 7) is 1.02. The maximum atomic E-state index is 13.7. The lowest BCUT2D eigenvalue weighted by atomic mass is 9.95. The smallest absolute Gasteiger partial charge is 0.126 e. The fourth-order valence-corrected chi connectivity index (χ4v) is 2.58. The molecule has 1 aliphatic rings. The maximum Gasteiger partial charge on any atom is 0.126 e. The van der Waals surface area contributed by atoms with Gasteiger partial charge in [0, 0.05) is 18.7 Å². The van der Waals surface area contributed by atoms with Gasteiger partial charge in [0.1, 0.15) is 5.82 Å². The average molecular weight is 241 g/mol. The SMILES string of the molecule is Fc1ccccc1Cc1cccc2c1NCCC2. The van der Waals surface area contributed by atoms with Crippen molar-refractivity contribution in [2.45, 2.75) is 19.3 Å². The molecular weight excluding hydrogens is 225 g/mol. The number of aryl methyl sites for hydroxylation is 1. The fourth-order valence-electron chi connectivity index (χ4n) is 2.58. The van der Waals surface area contributed by atoms with Crippen LogP contribution in [0.15, 0.2) is 42.5 Å². The van der Waals surface area contributed by atoms with Crippen LogP contribution in [-0.2, 0) is 12.8 Å². The maximum absolute atomic E-state index is 13.7. The highest BCUT2D eigenvalue weighted by Gasteiger charge is 2.13. The molecule has 0 amide bonds. The van der Waals surface area contributed by atoms with Crippen molar-refractivity contribution in [2.24, 2.45) is 0 Å². The summed E-state index contributed by atoms with van der Waals surface area (Å²) in [7, 11) is 0. The molecule has 0 saturated heterocycles. The number of halogens is 1. The summed E-state index contributed by atoms with van der Waals surface area (Å²) in [5, 5.41) is 3.45. The van der Waals surface area contributed by atoms with Crippen LogP contribution in [0.25, 0.3) is 0 Å². The van der Waals surface area contributed by atoms with Crippen molar-refractivity contribution >= 4 is 5.69 Å². The summed E-state index contributed by atoms with van der Waals surface area (Å²) in [5.41, 5.74) is 4.53. The largest absolute Gasteiger partial charge is 0.385 e. The number of para-hydroxylation sites is 1. The first-order valence-electron chi connectivity index (χ1n) is 6.42. The van der Waals surface area contributed by atoms with Crippen LogP contribution in [0.1, 0.15) is 23.1 Å². The first-order chi connectivity index (χ1) is 8.84. The Morgan fingerprint density at radius 2 is 1.83 bits per heavy atom. The number of fused-ring (bicyclic) bond motifs is 1. The van der Waals surface area contributed by atoms with Crippen LogP contribution in [0.2, 0.25) is 0 Å². The third-order valence-electron chi connectivity index (χ3n) is 3.50. The van der Waals surface area contributed by atoms with Crippen molar-refractivity contribution in [3.8, 4) is 0 Å². The standard InChI is InChI=1S/C16H16FN/c17-15-9-2-1-5-13(15)11-14-7-3-6-12-8-4-10-18-16(12)14/h1-3,5-7,9,18H,4,8,10-11H2. The van der Waals surface area contributed by atoms with Crippen LogP contribution in [0.4, 0.5) is 10.1 Å². The highest BCUT2D eigenvalue weighted by molar-refractivity contribution is 5.60. The van der Waals surface area contributed by atoms with E-state index in [1.54, 1.807) is 6.07 Å². The molecule has 0 fully saturated rings. The van der Waals surface area contributed by atoms with Crippen molar-refractivity contribution in [3.05, 3.63) is 65.0 Å². The lowest BCUT2D eigenvalue weighted by Gasteiger charge is -2.21. The van der Waals surface area contributed by atoms with E-state index in [1.807, 2.05) is 12.1 Å². The Morgan fingerprint density at radius 1 is 1.00 bits per heavy atom. The van der Waals surface area contributed by atoms with Gasteiger partial charge in [-0.05, 0) is 35.6 Å². The molecule has 3 rings (SSSR count). The van der Waals surface area contributed by atoms with Gasteiger partial charge < -0.3 is 5.32 Å². The van der Waals surface area contributed by atoms with E-state index in [9.17, 15) is 4.39 Å². The van der Waals surface area contributed by atoms with Crippen molar-refractivity contribution < 1.29 is 4.39 Å². The van der Waals surface area contributed by atoms with Crippen LogP contribution in [-0.4, -0.2) is 6.54 Å². The van der Waals surface area contributed by atoms with Crippen molar-refractivity contribution in [1.82, 2.24) is 0 Å². The topological polar surface area (TPSA) is 12.0 Å². The van der Waals surface area contributed by atoms with E-state index in [0.717, 1.165) is 18.5 Å². The molecule has 92 valence electrons. The molecule has 0 spiro atoms. The molecule has 2 aromatic rings. The van der Waals surface area contributed by atoms with Crippen LogP contribution >= 0.6 is 0 Å².